The summed E-state index contributed by atoms with van der Waals surface area (Å²) in [4.78, 5) is 0. The summed E-state index contributed by atoms with van der Waals surface area (Å²) in [7, 11) is 0. The molecule has 3 N–H and O–H groups in total. The SMILES string of the molecule is NC1CCNCC1c1ccc(Br)cc1. The lowest BCUT2D eigenvalue weighted by Gasteiger charge is -2.29. The van der Waals surface area contributed by atoms with Gasteiger partial charge in [-0.15, -0.1) is 0 Å². The van der Waals surface area contributed by atoms with Crippen LogP contribution in [0.15, 0.2) is 28.7 Å². The van der Waals surface area contributed by atoms with Crippen molar-refractivity contribution >= 4 is 15.9 Å². The summed E-state index contributed by atoms with van der Waals surface area (Å²) in [6, 6.07) is 8.77. The Kier molecular flexibility index (Phi) is 3.21. The van der Waals surface area contributed by atoms with Crippen LogP contribution >= 0.6 is 15.9 Å². The minimum absolute atomic E-state index is 0.303. The van der Waals surface area contributed by atoms with Crippen LogP contribution in [0.3, 0.4) is 0 Å². The molecule has 3 heteroatoms. The fourth-order valence-corrected chi connectivity index (χ4v) is 2.22. The third-order valence-corrected chi connectivity index (χ3v) is 3.36. The summed E-state index contributed by atoms with van der Waals surface area (Å²) < 4.78 is 1.12. The molecule has 1 fully saturated rings. The molecule has 0 radical (unpaired) electrons. The minimum Gasteiger partial charge on any atom is -0.327 e. The molecule has 0 aromatic heterocycles. The van der Waals surface area contributed by atoms with E-state index in [0.29, 0.717) is 12.0 Å². The first-order chi connectivity index (χ1) is 6.77. The average Bonchev–Trinajstić information content (AvgIpc) is 2.20. The Morgan fingerprint density at radius 2 is 2.00 bits per heavy atom. The first kappa shape index (κ1) is 10.1. The number of benzene rings is 1. The Morgan fingerprint density at radius 1 is 1.29 bits per heavy atom. The molecule has 1 aliphatic heterocycles. The fraction of sp³-hybridized carbons (Fsp3) is 0.455. The van der Waals surface area contributed by atoms with Crippen molar-refractivity contribution in [2.75, 3.05) is 13.1 Å². The summed E-state index contributed by atoms with van der Waals surface area (Å²) in [5.74, 6) is 0.469. The van der Waals surface area contributed by atoms with E-state index < -0.39 is 0 Å². The van der Waals surface area contributed by atoms with Gasteiger partial charge in [0.25, 0.3) is 0 Å². The van der Waals surface area contributed by atoms with Gasteiger partial charge in [0.1, 0.15) is 0 Å². The van der Waals surface area contributed by atoms with E-state index in [1.165, 1.54) is 5.56 Å². The van der Waals surface area contributed by atoms with Crippen LogP contribution in [0.25, 0.3) is 0 Å². The second kappa shape index (κ2) is 4.43. The van der Waals surface area contributed by atoms with E-state index in [4.69, 9.17) is 5.73 Å². The summed E-state index contributed by atoms with van der Waals surface area (Å²) in [6.45, 7) is 2.05. The molecular formula is C11H15BrN2. The van der Waals surface area contributed by atoms with Crippen LogP contribution in [0.5, 0.6) is 0 Å². The number of halogens is 1. The molecule has 14 heavy (non-hydrogen) atoms. The molecule has 0 spiro atoms. The summed E-state index contributed by atoms with van der Waals surface area (Å²) >= 11 is 3.44. The molecule has 1 aromatic carbocycles. The van der Waals surface area contributed by atoms with Gasteiger partial charge in [-0.25, -0.2) is 0 Å². The third kappa shape index (κ3) is 2.16. The van der Waals surface area contributed by atoms with Gasteiger partial charge < -0.3 is 11.1 Å². The number of nitrogens with one attached hydrogen (secondary N) is 1. The third-order valence-electron chi connectivity index (χ3n) is 2.83. The molecule has 2 unspecified atom stereocenters. The highest BCUT2D eigenvalue weighted by Crippen LogP contribution is 2.23. The van der Waals surface area contributed by atoms with Gasteiger partial charge in [0.05, 0.1) is 0 Å². The van der Waals surface area contributed by atoms with E-state index in [9.17, 15) is 0 Å². The van der Waals surface area contributed by atoms with Crippen molar-refractivity contribution in [3.63, 3.8) is 0 Å². The van der Waals surface area contributed by atoms with Crippen LogP contribution in [0.1, 0.15) is 17.9 Å². The Labute approximate surface area is 93.0 Å². The summed E-state index contributed by atoms with van der Waals surface area (Å²) in [6.07, 6.45) is 1.07. The monoisotopic (exact) mass is 254 g/mol. The highest BCUT2D eigenvalue weighted by molar-refractivity contribution is 9.10. The van der Waals surface area contributed by atoms with Crippen LogP contribution in [-0.4, -0.2) is 19.1 Å². The molecule has 0 saturated carbocycles. The largest absolute Gasteiger partial charge is 0.327 e. The summed E-state index contributed by atoms with van der Waals surface area (Å²) in [5, 5.41) is 3.39. The van der Waals surface area contributed by atoms with Crippen LogP contribution in [0.4, 0.5) is 0 Å². The molecular weight excluding hydrogens is 240 g/mol. The van der Waals surface area contributed by atoms with Crippen LogP contribution in [-0.2, 0) is 0 Å². The van der Waals surface area contributed by atoms with Gasteiger partial charge in [-0.1, -0.05) is 28.1 Å². The van der Waals surface area contributed by atoms with Crippen LogP contribution < -0.4 is 11.1 Å². The molecule has 1 aliphatic rings. The van der Waals surface area contributed by atoms with Gasteiger partial charge in [-0.05, 0) is 30.7 Å². The van der Waals surface area contributed by atoms with Crippen LogP contribution in [0.2, 0.25) is 0 Å². The molecule has 1 saturated heterocycles. The molecule has 1 aromatic rings. The minimum atomic E-state index is 0.303. The number of hydrogen-bond donors (Lipinski definition) is 2. The van der Waals surface area contributed by atoms with Gasteiger partial charge in [0.2, 0.25) is 0 Å². The maximum absolute atomic E-state index is 6.10. The van der Waals surface area contributed by atoms with Gasteiger partial charge in [0.15, 0.2) is 0 Å². The predicted octanol–water partition coefficient (Wildman–Crippen LogP) is 1.85. The lowest BCUT2D eigenvalue weighted by Crippen LogP contribution is -2.43. The smallest absolute Gasteiger partial charge is 0.0175 e. The molecule has 0 bridgehead atoms. The quantitative estimate of drug-likeness (QED) is 0.803. The van der Waals surface area contributed by atoms with E-state index in [0.717, 1.165) is 24.0 Å². The standard InChI is InChI=1S/C11H15BrN2/c12-9-3-1-8(2-4-9)10-7-14-6-5-11(10)13/h1-4,10-11,14H,5-7,13H2. The zero-order valence-electron chi connectivity index (χ0n) is 8.04. The molecule has 2 nitrogen and oxygen atoms in total. The van der Waals surface area contributed by atoms with Gasteiger partial charge in [-0.2, -0.15) is 0 Å². The summed E-state index contributed by atoms with van der Waals surface area (Å²) in [5.41, 5.74) is 7.44. The Morgan fingerprint density at radius 3 is 2.64 bits per heavy atom. The van der Waals surface area contributed by atoms with Crippen molar-refractivity contribution in [1.82, 2.24) is 5.32 Å². The molecule has 1 heterocycles. The molecule has 0 aliphatic carbocycles. The molecule has 76 valence electrons. The van der Waals surface area contributed by atoms with Crippen molar-refractivity contribution < 1.29 is 0 Å². The second-order valence-electron chi connectivity index (χ2n) is 3.81. The highest BCUT2D eigenvalue weighted by atomic mass is 79.9. The Balaban J connectivity index is 2.16. The maximum atomic E-state index is 6.10. The van der Waals surface area contributed by atoms with E-state index in [-0.39, 0.29) is 0 Å². The zero-order valence-corrected chi connectivity index (χ0v) is 9.63. The number of piperidine rings is 1. The van der Waals surface area contributed by atoms with E-state index in [1.54, 1.807) is 0 Å². The fourth-order valence-electron chi connectivity index (χ4n) is 1.95. The molecule has 2 rings (SSSR count). The van der Waals surface area contributed by atoms with Crippen molar-refractivity contribution in [3.05, 3.63) is 34.3 Å². The van der Waals surface area contributed by atoms with Crippen molar-refractivity contribution in [2.45, 2.75) is 18.4 Å². The number of nitrogens with two attached hydrogens (primary N) is 1. The van der Waals surface area contributed by atoms with Crippen molar-refractivity contribution in [2.24, 2.45) is 5.73 Å². The molecule has 2 atom stereocenters. The van der Waals surface area contributed by atoms with Gasteiger partial charge >= 0.3 is 0 Å². The van der Waals surface area contributed by atoms with Gasteiger partial charge in [0, 0.05) is 23.0 Å². The van der Waals surface area contributed by atoms with E-state index >= 15 is 0 Å². The Hall–Kier alpha value is -0.380. The van der Waals surface area contributed by atoms with Crippen LogP contribution in [0, 0.1) is 0 Å². The highest BCUT2D eigenvalue weighted by Gasteiger charge is 2.22. The van der Waals surface area contributed by atoms with Gasteiger partial charge in [-0.3, -0.25) is 0 Å². The van der Waals surface area contributed by atoms with Crippen molar-refractivity contribution in [1.29, 1.82) is 0 Å². The number of hydrogen-bond acceptors (Lipinski definition) is 2. The lowest BCUT2D eigenvalue weighted by molar-refractivity contribution is 0.403. The zero-order chi connectivity index (χ0) is 9.97. The normalized spacial score (nSPS) is 27.6. The van der Waals surface area contributed by atoms with E-state index in [2.05, 4.69) is 45.5 Å². The van der Waals surface area contributed by atoms with Crippen molar-refractivity contribution in [3.8, 4) is 0 Å². The Bertz CT molecular complexity index is 297. The average molecular weight is 255 g/mol. The lowest BCUT2D eigenvalue weighted by atomic mass is 9.88. The first-order valence-electron chi connectivity index (χ1n) is 4.99. The second-order valence-corrected chi connectivity index (χ2v) is 4.73. The maximum Gasteiger partial charge on any atom is 0.0175 e. The number of rotatable bonds is 1. The molecule has 0 amide bonds. The van der Waals surface area contributed by atoms with E-state index in [1.807, 2.05) is 0 Å². The predicted molar refractivity (Wildman–Crippen MR) is 62.3 cm³/mol. The topological polar surface area (TPSA) is 38.0 Å². The first-order valence-corrected chi connectivity index (χ1v) is 5.78.